The summed E-state index contributed by atoms with van der Waals surface area (Å²) < 4.78 is 16.1. The van der Waals surface area contributed by atoms with Crippen LogP contribution in [0.15, 0.2) is 41.2 Å². The third kappa shape index (κ3) is 6.20. The van der Waals surface area contributed by atoms with Crippen molar-refractivity contribution in [2.24, 2.45) is 0 Å². The van der Waals surface area contributed by atoms with Crippen molar-refractivity contribution in [3.63, 3.8) is 0 Å². The Hall–Kier alpha value is -3.09. The fraction of sp³-hybridized carbons (Fsp3) is 0.409. The third-order valence-corrected chi connectivity index (χ3v) is 3.96. The van der Waals surface area contributed by atoms with Gasteiger partial charge in [0.15, 0.2) is 5.75 Å². The van der Waals surface area contributed by atoms with Crippen LogP contribution in [0.25, 0.3) is 0 Å². The molecule has 156 valence electrons. The lowest BCUT2D eigenvalue weighted by atomic mass is 10.0. The molecule has 0 fully saturated rings. The van der Waals surface area contributed by atoms with Crippen molar-refractivity contribution in [3.8, 4) is 5.75 Å². The van der Waals surface area contributed by atoms with E-state index in [1.807, 2.05) is 30.3 Å². The first-order valence-electron chi connectivity index (χ1n) is 9.46. The molecule has 2 aromatic rings. The number of carbonyl (C=O) groups excluding carboxylic acids is 2. The molecule has 0 amide bonds. The van der Waals surface area contributed by atoms with Gasteiger partial charge in [-0.25, -0.2) is 4.79 Å². The van der Waals surface area contributed by atoms with Gasteiger partial charge in [-0.2, -0.15) is 0 Å². The minimum absolute atomic E-state index is 0.0306. The molecule has 0 bridgehead atoms. The Balaban J connectivity index is 2.37. The second-order valence-electron chi connectivity index (χ2n) is 7.55. The average Bonchev–Trinajstić information content (AvgIpc) is 2.65. The summed E-state index contributed by atoms with van der Waals surface area (Å²) in [5.41, 5.74) is -0.227. The zero-order chi connectivity index (χ0) is 21.6. The van der Waals surface area contributed by atoms with Crippen molar-refractivity contribution in [1.82, 2.24) is 4.98 Å². The number of hydrogen-bond acceptors (Lipinski definition) is 6. The van der Waals surface area contributed by atoms with E-state index in [0.29, 0.717) is 0 Å². The number of pyridine rings is 1. The molecule has 1 aromatic heterocycles. The lowest BCUT2D eigenvalue weighted by Crippen LogP contribution is -2.28. The maximum absolute atomic E-state index is 12.7. The molecule has 0 aliphatic rings. The molecule has 7 nitrogen and oxygen atoms in total. The highest BCUT2D eigenvalue weighted by molar-refractivity contribution is 5.93. The first kappa shape index (κ1) is 22.2. The second-order valence-corrected chi connectivity index (χ2v) is 7.55. The number of hydrogen-bond donors (Lipinski definition) is 1. The van der Waals surface area contributed by atoms with Gasteiger partial charge in [-0.1, -0.05) is 30.3 Å². The van der Waals surface area contributed by atoms with Gasteiger partial charge in [0.05, 0.1) is 12.5 Å². The normalized spacial score (nSPS) is 12.2. The quantitative estimate of drug-likeness (QED) is 0.713. The molecule has 29 heavy (non-hydrogen) atoms. The van der Waals surface area contributed by atoms with Gasteiger partial charge in [0.25, 0.3) is 5.56 Å². The summed E-state index contributed by atoms with van der Waals surface area (Å²) in [5, 5.41) is 0. The number of esters is 2. The summed E-state index contributed by atoms with van der Waals surface area (Å²) in [6.45, 7) is 8.78. The Bertz CT molecular complexity index is 911. The van der Waals surface area contributed by atoms with Crippen LogP contribution >= 0.6 is 0 Å². The number of nitrogens with one attached hydrogen (secondary N) is 1. The molecule has 7 heteroatoms. The highest BCUT2D eigenvalue weighted by Gasteiger charge is 2.27. The number of aromatic amines is 1. The predicted octanol–water partition coefficient (Wildman–Crippen LogP) is 3.58. The highest BCUT2D eigenvalue weighted by atomic mass is 16.6. The van der Waals surface area contributed by atoms with Crippen LogP contribution in [-0.2, 0) is 20.9 Å². The molecule has 0 spiro atoms. The van der Waals surface area contributed by atoms with Crippen molar-refractivity contribution in [3.05, 3.63) is 63.6 Å². The number of rotatable bonds is 7. The number of H-pyrrole nitrogens is 1. The van der Waals surface area contributed by atoms with Gasteiger partial charge in [0.2, 0.25) is 0 Å². The molecule has 0 saturated heterocycles. The van der Waals surface area contributed by atoms with Gasteiger partial charge in [-0.3, -0.25) is 9.59 Å². The highest BCUT2D eigenvalue weighted by Crippen LogP contribution is 2.23. The van der Waals surface area contributed by atoms with E-state index in [1.54, 1.807) is 34.6 Å². The molecule has 1 aromatic carbocycles. The van der Waals surface area contributed by atoms with Crippen LogP contribution in [0.4, 0.5) is 0 Å². The summed E-state index contributed by atoms with van der Waals surface area (Å²) in [5.74, 6) is -2.13. The predicted molar refractivity (Wildman–Crippen MR) is 108 cm³/mol. The van der Waals surface area contributed by atoms with Crippen molar-refractivity contribution >= 4 is 11.9 Å². The molecule has 0 radical (unpaired) electrons. The third-order valence-electron chi connectivity index (χ3n) is 3.96. The molecular formula is C22H27NO6. The monoisotopic (exact) mass is 401 g/mol. The topological polar surface area (TPSA) is 94.7 Å². The summed E-state index contributed by atoms with van der Waals surface area (Å²) in [4.78, 5) is 40.1. The van der Waals surface area contributed by atoms with Crippen LogP contribution in [0, 0.1) is 0 Å². The zero-order valence-electron chi connectivity index (χ0n) is 17.4. The van der Waals surface area contributed by atoms with Crippen molar-refractivity contribution < 1.29 is 23.8 Å². The minimum Gasteiger partial charge on any atom is -0.482 e. The van der Waals surface area contributed by atoms with Crippen molar-refractivity contribution in [2.45, 2.75) is 52.7 Å². The lowest BCUT2D eigenvalue weighted by molar-refractivity contribution is -0.156. The maximum atomic E-state index is 12.7. The lowest BCUT2D eigenvalue weighted by Gasteiger charge is -2.22. The standard InChI is InChI=1S/C22H27NO6/c1-6-27-21(26)16-12-17(14(2)20(25)29-22(3,4)5)23-19(24)18(16)28-13-15-10-8-7-9-11-15/h7-12,14H,6,13H2,1-5H3,(H,23,24). The molecule has 1 unspecified atom stereocenters. The van der Waals surface area contributed by atoms with Gasteiger partial charge in [-0.15, -0.1) is 0 Å². The van der Waals surface area contributed by atoms with E-state index in [9.17, 15) is 14.4 Å². The molecule has 0 aliphatic heterocycles. The van der Waals surface area contributed by atoms with E-state index in [-0.39, 0.29) is 30.2 Å². The molecular weight excluding hydrogens is 374 g/mol. The fourth-order valence-corrected chi connectivity index (χ4v) is 2.55. The second kappa shape index (κ2) is 9.41. The van der Waals surface area contributed by atoms with Gasteiger partial charge in [0.1, 0.15) is 17.8 Å². The Morgan fingerprint density at radius 2 is 1.79 bits per heavy atom. The molecule has 0 aliphatic carbocycles. The van der Waals surface area contributed by atoms with E-state index in [4.69, 9.17) is 14.2 Å². The van der Waals surface area contributed by atoms with Gasteiger partial charge in [-0.05, 0) is 46.2 Å². The number of benzene rings is 1. The van der Waals surface area contributed by atoms with E-state index in [1.165, 1.54) is 6.07 Å². The smallest absolute Gasteiger partial charge is 0.342 e. The zero-order valence-corrected chi connectivity index (χ0v) is 17.4. The van der Waals surface area contributed by atoms with E-state index in [0.717, 1.165) is 5.56 Å². The fourth-order valence-electron chi connectivity index (χ4n) is 2.55. The van der Waals surface area contributed by atoms with Crippen LogP contribution in [0.3, 0.4) is 0 Å². The van der Waals surface area contributed by atoms with Crippen LogP contribution in [0.5, 0.6) is 5.75 Å². The van der Waals surface area contributed by atoms with Gasteiger partial charge in [0, 0.05) is 5.69 Å². The van der Waals surface area contributed by atoms with Crippen molar-refractivity contribution in [1.29, 1.82) is 0 Å². The van der Waals surface area contributed by atoms with Gasteiger partial charge < -0.3 is 19.2 Å². The molecule has 1 N–H and O–H groups in total. The van der Waals surface area contributed by atoms with E-state index < -0.39 is 29.0 Å². The first-order valence-corrected chi connectivity index (χ1v) is 9.46. The molecule has 0 saturated carbocycles. The van der Waals surface area contributed by atoms with Crippen LogP contribution < -0.4 is 10.3 Å². The van der Waals surface area contributed by atoms with E-state index >= 15 is 0 Å². The Labute approximate surface area is 170 Å². The Kier molecular flexibility index (Phi) is 7.20. The number of aromatic nitrogens is 1. The average molecular weight is 401 g/mol. The largest absolute Gasteiger partial charge is 0.482 e. The first-order chi connectivity index (χ1) is 13.6. The Morgan fingerprint density at radius 1 is 1.14 bits per heavy atom. The molecule has 1 atom stereocenters. The summed E-state index contributed by atoms with van der Waals surface area (Å²) in [6.07, 6.45) is 0. The SMILES string of the molecule is CCOC(=O)c1cc(C(C)C(=O)OC(C)(C)C)[nH]c(=O)c1OCc1ccccc1. The molecule has 2 rings (SSSR count). The summed E-state index contributed by atoms with van der Waals surface area (Å²) in [7, 11) is 0. The summed E-state index contributed by atoms with van der Waals surface area (Å²) >= 11 is 0. The maximum Gasteiger partial charge on any atom is 0.342 e. The van der Waals surface area contributed by atoms with Crippen molar-refractivity contribution in [2.75, 3.05) is 6.61 Å². The Morgan fingerprint density at radius 3 is 2.38 bits per heavy atom. The molecule has 1 heterocycles. The van der Waals surface area contributed by atoms with Crippen LogP contribution in [0.2, 0.25) is 0 Å². The summed E-state index contributed by atoms with van der Waals surface area (Å²) in [6, 6.07) is 10.7. The van der Waals surface area contributed by atoms with Crippen LogP contribution in [-0.4, -0.2) is 29.1 Å². The van der Waals surface area contributed by atoms with Crippen LogP contribution in [0.1, 0.15) is 62.2 Å². The minimum atomic E-state index is -0.779. The van der Waals surface area contributed by atoms with E-state index in [2.05, 4.69) is 4.98 Å². The van der Waals surface area contributed by atoms with Gasteiger partial charge >= 0.3 is 11.9 Å². The number of carbonyl (C=O) groups is 2. The number of ether oxygens (including phenoxy) is 3.